The first-order valence-corrected chi connectivity index (χ1v) is 12.1. The van der Waals surface area contributed by atoms with Crippen LogP contribution in [0.5, 0.6) is 0 Å². The number of rotatable bonds is 4. The van der Waals surface area contributed by atoms with E-state index in [1.54, 1.807) is 37.1 Å². The predicted octanol–water partition coefficient (Wildman–Crippen LogP) is 6.14. The van der Waals surface area contributed by atoms with Crippen LogP contribution in [-0.2, 0) is 5.41 Å². The van der Waals surface area contributed by atoms with Gasteiger partial charge < -0.3 is 10.0 Å². The molecule has 4 rings (SSSR count). The summed E-state index contributed by atoms with van der Waals surface area (Å²) in [5.74, 6) is -0.101. The minimum atomic E-state index is -0.943. The smallest absolute Gasteiger partial charge is 0.254 e. The lowest BCUT2D eigenvalue weighted by atomic mass is 9.90. The number of hydrogen-bond acceptors (Lipinski definition) is 4. The molecule has 0 bridgehead atoms. The summed E-state index contributed by atoms with van der Waals surface area (Å²) < 4.78 is 0. The molecule has 3 aromatic rings. The van der Waals surface area contributed by atoms with Crippen LogP contribution in [0.15, 0.2) is 55.0 Å². The standard InChI is InChI=1S/C28H32ClN3O2/c1-27(2,3)24-15-18(10-11-31-24)20-13-21(17-30-16-20)22-9-8-19(14-23(22)29)26(33)32-12-6-7-25(32)28(4,5)34/h8-11,13-17,25,34H,6-7,12H2,1-5H3/t25-/m0/s1. The number of hydrogen-bond donors (Lipinski definition) is 1. The van der Waals surface area contributed by atoms with E-state index in [9.17, 15) is 9.90 Å². The van der Waals surface area contributed by atoms with Gasteiger partial charge in [-0.25, -0.2) is 0 Å². The number of benzene rings is 1. The van der Waals surface area contributed by atoms with Gasteiger partial charge >= 0.3 is 0 Å². The monoisotopic (exact) mass is 477 g/mol. The van der Waals surface area contributed by atoms with E-state index in [2.05, 4.69) is 42.9 Å². The molecule has 1 atom stereocenters. The maximum atomic E-state index is 13.2. The molecule has 6 heteroatoms. The molecule has 1 aliphatic rings. The van der Waals surface area contributed by atoms with Crippen molar-refractivity contribution in [1.82, 2.24) is 14.9 Å². The second-order valence-corrected chi connectivity index (χ2v) is 11.1. The highest BCUT2D eigenvalue weighted by Gasteiger charge is 2.38. The van der Waals surface area contributed by atoms with E-state index < -0.39 is 5.60 Å². The zero-order valence-corrected chi connectivity index (χ0v) is 21.2. The number of pyridine rings is 2. The van der Waals surface area contributed by atoms with Gasteiger partial charge in [-0.05, 0) is 62.6 Å². The van der Waals surface area contributed by atoms with Crippen molar-refractivity contribution in [1.29, 1.82) is 0 Å². The van der Waals surface area contributed by atoms with E-state index in [1.165, 1.54) is 0 Å². The summed E-state index contributed by atoms with van der Waals surface area (Å²) in [5, 5.41) is 11.0. The molecule has 5 nitrogen and oxygen atoms in total. The predicted molar refractivity (Wildman–Crippen MR) is 137 cm³/mol. The fourth-order valence-corrected chi connectivity index (χ4v) is 4.85. The first kappa shape index (κ1) is 24.4. The van der Waals surface area contributed by atoms with Gasteiger partial charge in [0.25, 0.3) is 5.91 Å². The lowest BCUT2D eigenvalue weighted by Gasteiger charge is -2.34. The average molecular weight is 478 g/mol. The maximum Gasteiger partial charge on any atom is 0.254 e. The normalized spacial score (nSPS) is 16.7. The first-order valence-electron chi connectivity index (χ1n) is 11.7. The number of aromatic nitrogens is 2. The molecule has 1 aromatic carbocycles. The Morgan fingerprint density at radius 3 is 2.44 bits per heavy atom. The van der Waals surface area contributed by atoms with Crippen molar-refractivity contribution in [3.63, 3.8) is 0 Å². The Morgan fingerprint density at radius 2 is 1.76 bits per heavy atom. The summed E-state index contributed by atoms with van der Waals surface area (Å²) in [5.41, 5.74) is 4.27. The van der Waals surface area contributed by atoms with Crippen LogP contribution in [-0.4, -0.2) is 44.1 Å². The Labute approximate surface area is 206 Å². The zero-order valence-electron chi connectivity index (χ0n) is 20.5. The van der Waals surface area contributed by atoms with Crippen LogP contribution >= 0.6 is 11.6 Å². The van der Waals surface area contributed by atoms with Crippen molar-refractivity contribution in [2.45, 2.75) is 64.5 Å². The van der Waals surface area contributed by atoms with Crippen LogP contribution in [0.1, 0.15) is 63.5 Å². The van der Waals surface area contributed by atoms with Crippen LogP contribution in [0.25, 0.3) is 22.3 Å². The minimum absolute atomic E-state index is 0.0493. The van der Waals surface area contributed by atoms with E-state index in [1.807, 2.05) is 24.5 Å². The first-order chi connectivity index (χ1) is 15.9. The second kappa shape index (κ2) is 9.12. The van der Waals surface area contributed by atoms with Gasteiger partial charge in [-0.2, -0.15) is 0 Å². The van der Waals surface area contributed by atoms with E-state index >= 15 is 0 Å². The minimum Gasteiger partial charge on any atom is -0.388 e. The fourth-order valence-electron chi connectivity index (χ4n) is 4.56. The number of nitrogens with zero attached hydrogens (tertiary/aromatic N) is 3. The highest BCUT2D eigenvalue weighted by atomic mass is 35.5. The van der Waals surface area contributed by atoms with Crippen LogP contribution in [0, 0.1) is 0 Å². The van der Waals surface area contributed by atoms with Gasteiger partial charge in [-0.3, -0.25) is 14.8 Å². The Bertz CT molecular complexity index is 1210. The Hall–Kier alpha value is -2.76. The van der Waals surface area contributed by atoms with Crippen LogP contribution < -0.4 is 0 Å². The SMILES string of the molecule is CC(C)(C)c1cc(-c2cncc(-c3ccc(C(=O)N4CCC[C@H]4C(C)(C)O)cc3Cl)c2)ccn1. The van der Waals surface area contributed by atoms with Crippen molar-refractivity contribution in [2.24, 2.45) is 0 Å². The van der Waals surface area contributed by atoms with E-state index in [-0.39, 0.29) is 17.4 Å². The van der Waals surface area contributed by atoms with E-state index in [4.69, 9.17) is 11.6 Å². The molecule has 1 aliphatic heterocycles. The molecule has 0 aliphatic carbocycles. The quantitative estimate of drug-likeness (QED) is 0.490. The van der Waals surface area contributed by atoms with Gasteiger partial charge in [-0.15, -0.1) is 0 Å². The Morgan fingerprint density at radius 1 is 1.03 bits per heavy atom. The summed E-state index contributed by atoms with van der Waals surface area (Å²) in [7, 11) is 0. The van der Waals surface area contributed by atoms with Crippen molar-refractivity contribution >= 4 is 17.5 Å². The number of carbonyl (C=O) groups excluding carboxylic acids is 1. The molecule has 0 unspecified atom stereocenters. The van der Waals surface area contributed by atoms with Crippen molar-refractivity contribution < 1.29 is 9.90 Å². The summed E-state index contributed by atoms with van der Waals surface area (Å²) >= 11 is 6.67. The zero-order chi connectivity index (χ0) is 24.7. The molecule has 0 spiro atoms. The summed E-state index contributed by atoms with van der Waals surface area (Å²) in [6.07, 6.45) is 7.13. The van der Waals surface area contributed by atoms with Crippen molar-refractivity contribution in [3.05, 3.63) is 71.3 Å². The number of halogens is 1. The maximum absolute atomic E-state index is 13.2. The van der Waals surface area contributed by atoms with Gasteiger partial charge in [0.15, 0.2) is 0 Å². The summed E-state index contributed by atoms with van der Waals surface area (Å²) in [6, 6.07) is 11.3. The number of amides is 1. The summed E-state index contributed by atoms with van der Waals surface area (Å²) in [6.45, 7) is 10.6. The Kier molecular flexibility index (Phi) is 6.54. The molecule has 1 saturated heterocycles. The molecule has 1 amide bonds. The van der Waals surface area contributed by atoms with Gasteiger partial charge in [0.1, 0.15) is 0 Å². The van der Waals surface area contributed by atoms with E-state index in [0.717, 1.165) is 40.8 Å². The number of carbonyl (C=O) groups is 1. The molecule has 2 aromatic heterocycles. The molecule has 34 heavy (non-hydrogen) atoms. The van der Waals surface area contributed by atoms with Crippen LogP contribution in [0.3, 0.4) is 0 Å². The largest absolute Gasteiger partial charge is 0.388 e. The van der Waals surface area contributed by atoms with Gasteiger partial charge in [-0.1, -0.05) is 38.4 Å². The number of aliphatic hydroxyl groups is 1. The lowest BCUT2D eigenvalue weighted by Crippen LogP contribution is -2.48. The van der Waals surface area contributed by atoms with Crippen molar-refractivity contribution in [2.75, 3.05) is 6.54 Å². The van der Waals surface area contributed by atoms with Gasteiger partial charge in [0.05, 0.1) is 11.6 Å². The summed E-state index contributed by atoms with van der Waals surface area (Å²) in [4.78, 5) is 23.9. The molecule has 1 fully saturated rings. The molecule has 178 valence electrons. The van der Waals surface area contributed by atoms with Crippen molar-refractivity contribution in [3.8, 4) is 22.3 Å². The molecule has 0 saturated carbocycles. The van der Waals surface area contributed by atoms with Crippen LogP contribution in [0.4, 0.5) is 0 Å². The molecular formula is C28H32ClN3O2. The third-order valence-electron chi connectivity index (χ3n) is 6.46. The highest BCUT2D eigenvalue weighted by molar-refractivity contribution is 6.33. The highest BCUT2D eigenvalue weighted by Crippen LogP contribution is 2.34. The van der Waals surface area contributed by atoms with Crippen LogP contribution in [0.2, 0.25) is 5.02 Å². The molecule has 3 heterocycles. The molecule has 0 radical (unpaired) electrons. The topological polar surface area (TPSA) is 66.3 Å². The lowest BCUT2D eigenvalue weighted by molar-refractivity contribution is 0.000337. The van der Waals surface area contributed by atoms with E-state index in [0.29, 0.717) is 17.1 Å². The van der Waals surface area contributed by atoms with Gasteiger partial charge in [0, 0.05) is 63.5 Å². The third kappa shape index (κ3) is 5.01. The molecule has 1 N–H and O–H groups in total. The second-order valence-electron chi connectivity index (χ2n) is 10.6. The number of likely N-dealkylation sites (tertiary alicyclic amines) is 1. The fraction of sp³-hybridized carbons (Fsp3) is 0.393. The van der Waals surface area contributed by atoms with Gasteiger partial charge in [0.2, 0.25) is 0 Å². The molecular weight excluding hydrogens is 446 g/mol. The average Bonchev–Trinajstić information content (AvgIpc) is 3.29. The Balaban J connectivity index is 1.63. The third-order valence-corrected chi connectivity index (χ3v) is 6.77.